The topological polar surface area (TPSA) is 104 Å². The molecule has 1 N–H and O–H groups in total. The molecule has 0 unspecified atom stereocenters. The molecule has 2 fully saturated rings. The van der Waals surface area contributed by atoms with E-state index in [9.17, 15) is 5.11 Å². The molecule has 0 spiro atoms. The zero-order valence-electron chi connectivity index (χ0n) is 27.5. The van der Waals surface area contributed by atoms with Crippen molar-refractivity contribution in [1.29, 1.82) is 0 Å². The van der Waals surface area contributed by atoms with E-state index in [0.717, 1.165) is 49.7 Å². The second kappa shape index (κ2) is 14.4. The first-order valence-corrected chi connectivity index (χ1v) is 17.3. The molecule has 14 heteroatoms. The van der Waals surface area contributed by atoms with E-state index in [0.29, 0.717) is 28.8 Å². The Balaban J connectivity index is 0.910. The number of rotatable bonds is 11. The number of ether oxygens (including phenoxy) is 3. The largest absolute Gasteiger partial charge is 0.491 e. The first kappa shape index (κ1) is 33.4. The highest BCUT2D eigenvalue weighted by atomic mass is 35.5. The number of benzene rings is 3. The van der Waals surface area contributed by atoms with E-state index in [2.05, 4.69) is 63.1 Å². The predicted octanol–water partition coefficient (Wildman–Crippen LogP) is 5.40. The number of anilines is 3. The normalized spacial score (nSPS) is 23.0. The molecule has 1 aromatic heterocycles. The summed E-state index contributed by atoms with van der Waals surface area (Å²) in [4.78, 5) is 10.6. The first-order valence-electron chi connectivity index (χ1n) is 16.5. The molecule has 258 valence electrons. The van der Waals surface area contributed by atoms with Gasteiger partial charge in [0.15, 0.2) is 0 Å². The molecule has 2 saturated heterocycles. The quantitative estimate of drug-likeness (QED) is 0.218. The van der Waals surface area contributed by atoms with Gasteiger partial charge in [0.25, 0.3) is 0 Å². The van der Waals surface area contributed by atoms with E-state index in [4.69, 9.17) is 37.4 Å². The molecule has 0 bridgehead atoms. The molecular weight excluding hydrogens is 667 g/mol. The van der Waals surface area contributed by atoms with Crippen LogP contribution in [0.1, 0.15) is 25.8 Å². The molecule has 12 nitrogen and oxygen atoms in total. The lowest BCUT2D eigenvalue weighted by molar-refractivity contribution is -0.190. The number of hydrazone groups is 1. The van der Waals surface area contributed by atoms with E-state index >= 15 is 0 Å². The van der Waals surface area contributed by atoms with Gasteiger partial charge in [0.1, 0.15) is 44.0 Å². The number of aromatic nitrogens is 3. The van der Waals surface area contributed by atoms with Crippen LogP contribution < -0.4 is 19.4 Å². The van der Waals surface area contributed by atoms with Crippen LogP contribution >= 0.6 is 23.2 Å². The summed E-state index contributed by atoms with van der Waals surface area (Å²) in [6, 6.07) is 21.9. The minimum absolute atomic E-state index is 0.164. The van der Waals surface area contributed by atoms with Crippen LogP contribution in [0.4, 0.5) is 17.1 Å². The van der Waals surface area contributed by atoms with E-state index in [1.54, 1.807) is 39.4 Å². The van der Waals surface area contributed by atoms with Gasteiger partial charge in [0, 0.05) is 59.9 Å². The molecular formula is C35H40Cl2N8O4. The molecule has 3 aromatic carbocycles. The van der Waals surface area contributed by atoms with Crippen molar-refractivity contribution in [3.8, 4) is 5.75 Å². The molecule has 49 heavy (non-hydrogen) atoms. The highest BCUT2D eigenvalue weighted by molar-refractivity contribution is 6.35. The number of nitrogens with zero attached hydrogens (tertiary/aromatic N) is 8. The minimum atomic E-state index is -1.16. The fraction of sp³-hybridized carbons (Fsp3) is 0.400. The van der Waals surface area contributed by atoms with Gasteiger partial charge >= 0.3 is 0 Å². The molecule has 0 saturated carbocycles. The lowest BCUT2D eigenvalue weighted by Gasteiger charge is -2.37. The maximum Gasteiger partial charge on any atom is 0.228 e. The summed E-state index contributed by atoms with van der Waals surface area (Å²) < 4.78 is 20.5. The summed E-state index contributed by atoms with van der Waals surface area (Å²) in [6.07, 6.45) is 4.57. The van der Waals surface area contributed by atoms with Crippen molar-refractivity contribution < 1.29 is 19.3 Å². The van der Waals surface area contributed by atoms with Gasteiger partial charge in [0.2, 0.25) is 12.1 Å². The number of piperazine rings is 1. The fourth-order valence-corrected chi connectivity index (χ4v) is 6.93. The van der Waals surface area contributed by atoms with Gasteiger partial charge in [-0.15, -0.1) is 0 Å². The maximum atomic E-state index is 10.7. The van der Waals surface area contributed by atoms with E-state index in [1.165, 1.54) is 12.0 Å². The predicted molar refractivity (Wildman–Crippen MR) is 190 cm³/mol. The summed E-state index contributed by atoms with van der Waals surface area (Å²) in [6.45, 7) is 8.66. The fourth-order valence-electron chi connectivity index (χ4n) is 6.37. The van der Waals surface area contributed by atoms with Gasteiger partial charge in [-0.3, -0.25) is 4.90 Å². The zero-order valence-corrected chi connectivity index (χ0v) is 29.0. The average molecular weight is 708 g/mol. The Morgan fingerprint density at radius 1 is 0.959 bits per heavy atom. The monoisotopic (exact) mass is 706 g/mol. The van der Waals surface area contributed by atoms with Gasteiger partial charge < -0.3 is 29.1 Å². The Morgan fingerprint density at radius 2 is 1.63 bits per heavy atom. The van der Waals surface area contributed by atoms with Gasteiger partial charge in [-0.05, 0) is 74.0 Å². The summed E-state index contributed by atoms with van der Waals surface area (Å²) >= 11 is 12.7. The number of hydrogen-bond donors (Lipinski definition) is 1. The Hall–Kier alpha value is -4.07. The lowest BCUT2D eigenvalue weighted by atomic mass is 10.1. The Bertz CT molecular complexity index is 1720. The number of aliphatic hydroxyl groups excluding tert-OH is 1. The van der Waals surface area contributed by atoms with Gasteiger partial charge in [-0.2, -0.15) is 10.2 Å². The Labute approximate surface area is 296 Å². The SMILES string of the molecule is CC[C@H](C)N1N=CN(c2ccc(N3CCN(c4ccc(OC[C@@H]5CO[C@](Cn6cncn6)(c6ccc(Cl)cc6Cl)O5)cc4)CC3)cc2)[C@@H]1O. The molecule has 3 aliphatic rings. The summed E-state index contributed by atoms with van der Waals surface area (Å²) in [7, 11) is 0. The number of aliphatic hydroxyl groups is 1. The molecule has 0 radical (unpaired) electrons. The van der Waals surface area contributed by atoms with Crippen LogP contribution in [0.2, 0.25) is 10.0 Å². The number of halogens is 2. The highest BCUT2D eigenvalue weighted by Crippen LogP contribution is 2.40. The molecule has 0 aliphatic carbocycles. The molecule has 4 atom stereocenters. The van der Waals surface area contributed by atoms with Crippen molar-refractivity contribution in [2.45, 2.75) is 51.1 Å². The minimum Gasteiger partial charge on any atom is -0.491 e. The van der Waals surface area contributed by atoms with Crippen LogP contribution in [0.15, 0.2) is 84.5 Å². The molecule has 3 aliphatic heterocycles. The van der Waals surface area contributed by atoms with Crippen molar-refractivity contribution in [2.75, 3.05) is 54.1 Å². The Morgan fingerprint density at radius 3 is 2.27 bits per heavy atom. The second-order valence-corrected chi connectivity index (χ2v) is 13.3. The zero-order chi connectivity index (χ0) is 34.0. The van der Waals surface area contributed by atoms with Gasteiger partial charge in [-0.25, -0.2) is 14.7 Å². The van der Waals surface area contributed by atoms with Crippen LogP contribution in [-0.2, 0) is 21.8 Å². The molecule has 4 aromatic rings. The van der Waals surface area contributed by atoms with E-state index in [-0.39, 0.29) is 18.7 Å². The smallest absolute Gasteiger partial charge is 0.228 e. The van der Waals surface area contributed by atoms with Crippen LogP contribution in [0.25, 0.3) is 0 Å². The van der Waals surface area contributed by atoms with Crippen molar-refractivity contribution in [1.82, 2.24) is 19.8 Å². The second-order valence-electron chi connectivity index (χ2n) is 12.4. The lowest BCUT2D eigenvalue weighted by Crippen LogP contribution is -2.46. The van der Waals surface area contributed by atoms with Crippen LogP contribution in [0.5, 0.6) is 5.75 Å². The van der Waals surface area contributed by atoms with E-state index < -0.39 is 12.1 Å². The van der Waals surface area contributed by atoms with Crippen molar-refractivity contribution >= 4 is 46.6 Å². The summed E-state index contributed by atoms with van der Waals surface area (Å²) in [5.74, 6) is -0.401. The summed E-state index contributed by atoms with van der Waals surface area (Å²) in [5.41, 5.74) is 3.90. The molecule has 0 amide bonds. The third kappa shape index (κ3) is 7.15. The number of hydrogen-bond acceptors (Lipinski definition) is 11. The van der Waals surface area contributed by atoms with Crippen molar-refractivity contribution in [2.24, 2.45) is 5.10 Å². The van der Waals surface area contributed by atoms with Crippen LogP contribution in [-0.4, -0.2) is 89.1 Å². The van der Waals surface area contributed by atoms with Crippen molar-refractivity contribution in [3.63, 3.8) is 0 Å². The third-order valence-electron chi connectivity index (χ3n) is 9.31. The summed E-state index contributed by atoms with van der Waals surface area (Å²) in [5, 5.41) is 22.1. The van der Waals surface area contributed by atoms with Crippen LogP contribution in [0.3, 0.4) is 0 Å². The standard InChI is InChI=1S/C35H40Cl2N8O4/c1-3-25(2)45-34(46)44(24-40-45)29-7-5-27(6-8-29)41-14-16-42(17-15-41)28-9-11-30(12-10-28)47-19-31-20-48-35(49-31,21-43-23-38-22-39-43)32-13-4-26(36)18-33(32)37/h4-13,18,22-25,31,34,46H,3,14-17,19-21H2,1-2H3/t25-,31+,34-,35-/m0/s1. The van der Waals surface area contributed by atoms with E-state index in [1.807, 2.05) is 30.3 Å². The first-order chi connectivity index (χ1) is 23.8. The van der Waals surface area contributed by atoms with Crippen molar-refractivity contribution in [3.05, 3.63) is 95.0 Å². The Kier molecular flexibility index (Phi) is 9.84. The van der Waals surface area contributed by atoms with Gasteiger partial charge in [0.05, 0.1) is 11.6 Å². The molecule has 7 rings (SSSR count). The van der Waals surface area contributed by atoms with Crippen LogP contribution in [0, 0.1) is 0 Å². The average Bonchev–Trinajstić information content (AvgIpc) is 3.88. The molecule has 4 heterocycles. The van der Waals surface area contributed by atoms with Gasteiger partial charge in [-0.1, -0.05) is 36.2 Å². The third-order valence-corrected chi connectivity index (χ3v) is 9.85. The highest BCUT2D eigenvalue weighted by Gasteiger charge is 2.45. The maximum absolute atomic E-state index is 10.7.